The second kappa shape index (κ2) is 4.95. The molecular formula is C11H13N3O2S2. The highest BCUT2D eigenvalue weighted by Crippen LogP contribution is 2.25. The SMILES string of the molecule is CCS(=O)(=O)Nc1nc(-c2ccc(N)cc2)cs1. The van der Waals surface area contributed by atoms with E-state index in [2.05, 4.69) is 9.71 Å². The number of nitrogens with zero attached hydrogens (tertiary/aromatic N) is 1. The van der Waals surface area contributed by atoms with Crippen LogP contribution in [0.3, 0.4) is 0 Å². The van der Waals surface area contributed by atoms with Gasteiger partial charge in [-0.2, -0.15) is 0 Å². The number of aromatic nitrogens is 1. The van der Waals surface area contributed by atoms with E-state index in [1.165, 1.54) is 11.3 Å². The number of anilines is 2. The fraction of sp³-hybridized carbons (Fsp3) is 0.182. The van der Waals surface area contributed by atoms with Gasteiger partial charge in [0.1, 0.15) is 0 Å². The van der Waals surface area contributed by atoms with Gasteiger partial charge in [-0.25, -0.2) is 13.4 Å². The Morgan fingerprint density at radius 3 is 2.61 bits per heavy atom. The average Bonchev–Trinajstić information content (AvgIpc) is 2.78. The first-order chi connectivity index (χ1) is 8.50. The number of hydrogen-bond acceptors (Lipinski definition) is 5. The molecule has 0 saturated carbocycles. The third-order valence-electron chi connectivity index (χ3n) is 2.33. The van der Waals surface area contributed by atoms with Crippen molar-refractivity contribution in [2.75, 3.05) is 16.2 Å². The molecule has 0 aliphatic heterocycles. The van der Waals surface area contributed by atoms with Gasteiger partial charge in [-0.05, 0) is 19.1 Å². The van der Waals surface area contributed by atoms with Crippen LogP contribution in [0, 0.1) is 0 Å². The van der Waals surface area contributed by atoms with Gasteiger partial charge in [0.05, 0.1) is 11.4 Å². The molecule has 0 fully saturated rings. The summed E-state index contributed by atoms with van der Waals surface area (Å²) in [5.74, 6) is 0.0315. The molecule has 0 radical (unpaired) electrons. The van der Waals surface area contributed by atoms with Gasteiger partial charge in [-0.15, -0.1) is 11.3 Å². The molecule has 18 heavy (non-hydrogen) atoms. The molecule has 0 bridgehead atoms. The summed E-state index contributed by atoms with van der Waals surface area (Å²) in [6.45, 7) is 1.58. The molecule has 96 valence electrons. The normalized spacial score (nSPS) is 11.4. The van der Waals surface area contributed by atoms with E-state index >= 15 is 0 Å². The molecule has 0 spiro atoms. The molecule has 7 heteroatoms. The van der Waals surface area contributed by atoms with Gasteiger partial charge >= 0.3 is 0 Å². The lowest BCUT2D eigenvalue weighted by Gasteiger charge is -2.00. The molecule has 0 amide bonds. The van der Waals surface area contributed by atoms with Crippen molar-refractivity contribution in [1.29, 1.82) is 0 Å². The average molecular weight is 283 g/mol. The zero-order chi connectivity index (χ0) is 13.2. The summed E-state index contributed by atoms with van der Waals surface area (Å²) in [5, 5.41) is 2.18. The van der Waals surface area contributed by atoms with Crippen LogP contribution in [-0.4, -0.2) is 19.2 Å². The summed E-state index contributed by atoms with van der Waals surface area (Å²) in [7, 11) is -3.27. The lowest BCUT2D eigenvalue weighted by atomic mass is 10.2. The summed E-state index contributed by atoms with van der Waals surface area (Å²) in [6.07, 6.45) is 0. The van der Waals surface area contributed by atoms with Crippen LogP contribution >= 0.6 is 11.3 Å². The molecule has 1 heterocycles. The molecule has 0 aliphatic carbocycles. The Morgan fingerprint density at radius 1 is 1.33 bits per heavy atom. The predicted octanol–water partition coefficient (Wildman–Crippen LogP) is 2.15. The summed E-state index contributed by atoms with van der Waals surface area (Å²) in [4.78, 5) is 4.23. The Morgan fingerprint density at radius 2 is 2.00 bits per heavy atom. The molecule has 3 N–H and O–H groups in total. The summed E-state index contributed by atoms with van der Waals surface area (Å²) < 4.78 is 25.2. The second-order valence-electron chi connectivity index (χ2n) is 3.67. The minimum absolute atomic E-state index is 0.0315. The highest BCUT2D eigenvalue weighted by Gasteiger charge is 2.10. The zero-order valence-corrected chi connectivity index (χ0v) is 11.4. The standard InChI is InChI=1S/C11H13N3O2S2/c1-2-18(15,16)14-11-13-10(7-17-11)8-3-5-9(12)6-4-8/h3-7H,2,12H2,1H3,(H,13,14). The van der Waals surface area contributed by atoms with Gasteiger partial charge in [0.2, 0.25) is 10.0 Å². The largest absolute Gasteiger partial charge is 0.399 e. The Bertz CT molecular complexity index is 633. The molecule has 0 atom stereocenters. The minimum Gasteiger partial charge on any atom is -0.399 e. The smallest absolute Gasteiger partial charge is 0.234 e. The molecule has 0 unspecified atom stereocenters. The lowest BCUT2D eigenvalue weighted by Crippen LogP contribution is -2.14. The Labute approximate surface area is 110 Å². The van der Waals surface area contributed by atoms with Crippen molar-refractivity contribution in [1.82, 2.24) is 4.98 Å². The Hall–Kier alpha value is -1.60. The van der Waals surface area contributed by atoms with E-state index in [9.17, 15) is 8.42 Å². The quantitative estimate of drug-likeness (QED) is 0.842. The van der Waals surface area contributed by atoms with E-state index < -0.39 is 10.0 Å². The van der Waals surface area contributed by atoms with Gasteiger partial charge in [-0.1, -0.05) is 12.1 Å². The fourth-order valence-electron chi connectivity index (χ4n) is 1.31. The van der Waals surface area contributed by atoms with Crippen LogP contribution in [0.25, 0.3) is 11.3 Å². The minimum atomic E-state index is -3.27. The summed E-state index contributed by atoms with van der Waals surface area (Å²) in [5.41, 5.74) is 7.92. The molecular weight excluding hydrogens is 270 g/mol. The van der Waals surface area contributed by atoms with Crippen LogP contribution in [0.4, 0.5) is 10.8 Å². The van der Waals surface area contributed by atoms with Crippen molar-refractivity contribution in [3.63, 3.8) is 0 Å². The van der Waals surface area contributed by atoms with Gasteiger partial charge in [0.15, 0.2) is 5.13 Å². The highest BCUT2D eigenvalue weighted by atomic mass is 32.2. The van der Waals surface area contributed by atoms with Gasteiger partial charge in [0.25, 0.3) is 0 Å². The summed E-state index contributed by atoms with van der Waals surface area (Å²) >= 11 is 1.26. The maximum Gasteiger partial charge on any atom is 0.234 e. The maximum absolute atomic E-state index is 11.4. The van der Waals surface area contributed by atoms with Crippen molar-refractivity contribution in [3.8, 4) is 11.3 Å². The number of sulfonamides is 1. The van der Waals surface area contributed by atoms with Crippen molar-refractivity contribution >= 4 is 32.2 Å². The number of thiazole rings is 1. The molecule has 0 aliphatic rings. The van der Waals surface area contributed by atoms with Crippen LogP contribution in [0.2, 0.25) is 0 Å². The number of nitrogens with two attached hydrogens (primary N) is 1. The third kappa shape index (κ3) is 2.99. The van der Waals surface area contributed by atoms with Crippen LogP contribution < -0.4 is 10.5 Å². The topological polar surface area (TPSA) is 85.1 Å². The number of rotatable bonds is 4. The first kappa shape index (κ1) is 12.8. The third-order valence-corrected chi connectivity index (χ3v) is 4.48. The molecule has 2 rings (SSSR count). The highest BCUT2D eigenvalue weighted by molar-refractivity contribution is 7.92. The molecule has 1 aromatic heterocycles. The fourth-order valence-corrected chi connectivity index (χ4v) is 2.90. The Balaban J connectivity index is 2.23. The van der Waals surface area contributed by atoms with Gasteiger partial charge in [0, 0.05) is 16.6 Å². The lowest BCUT2D eigenvalue weighted by molar-refractivity contribution is 0.602. The van der Waals surface area contributed by atoms with E-state index in [0.717, 1.165) is 11.3 Å². The van der Waals surface area contributed by atoms with Crippen molar-refractivity contribution in [3.05, 3.63) is 29.6 Å². The first-order valence-electron chi connectivity index (χ1n) is 5.32. The number of hydrogen-bond donors (Lipinski definition) is 2. The van der Waals surface area contributed by atoms with Crippen LogP contribution in [-0.2, 0) is 10.0 Å². The maximum atomic E-state index is 11.4. The monoisotopic (exact) mass is 283 g/mol. The van der Waals surface area contributed by atoms with E-state index in [1.54, 1.807) is 24.4 Å². The van der Waals surface area contributed by atoms with Gasteiger partial charge in [-0.3, -0.25) is 4.72 Å². The van der Waals surface area contributed by atoms with E-state index in [4.69, 9.17) is 5.73 Å². The van der Waals surface area contributed by atoms with Gasteiger partial charge < -0.3 is 5.73 Å². The molecule has 2 aromatic rings. The van der Waals surface area contributed by atoms with Crippen LogP contribution in [0.15, 0.2) is 29.6 Å². The first-order valence-corrected chi connectivity index (χ1v) is 7.85. The van der Waals surface area contributed by atoms with Crippen molar-refractivity contribution in [2.24, 2.45) is 0 Å². The van der Waals surface area contributed by atoms with E-state index in [1.807, 2.05) is 12.1 Å². The predicted molar refractivity (Wildman–Crippen MR) is 75.0 cm³/mol. The molecule has 5 nitrogen and oxygen atoms in total. The van der Waals surface area contributed by atoms with Crippen LogP contribution in [0.5, 0.6) is 0 Å². The van der Waals surface area contributed by atoms with Crippen molar-refractivity contribution < 1.29 is 8.42 Å². The summed E-state index contributed by atoms with van der Waals surface area (Å²) in [6, 6.07) is 7.26. The number of nitrogen functional groups attached to an aromatic ring is 1. The molecule has 1 aromatic carbocycles. The van der Waals surface area contributed by atoms with E-state index in [0.29, 0.717) is 10.8 Å². The zero-order valence-electron chi connectivity index (χ0n) is 9.75. The van der Waals surface area contributed by atoms with E-state index in [-0.39, 0.29) is 5.75 Å². The number of nitrogens with one attached hydrogen (secondary N) is 1. The number of benzene rings is 1. The van der Waals surface area contributed by atoms with Crippen molar-refractivity contribution in [2.45, 2.75) is 6.92 Å². The van der Waals surface area contributed by atoms with Crippen LogP contribution in [0.1, 0.15) is 6.92 Å². The molecule has 0 saturated heterocycles. The second-order valence-corrected chi connectivity index (χ2v) is 6.53. The Kier molecular flexibility index (Phi) is 3.53.